The molecule has 3 N–H and O–H groups in total. The summed E-state index contributed by atoms with van der Waals surface area (Å²) in [6, 6.07) is 6.70. The number of carbonyl (C=O) groups excluding carboxylic acids is 4. The van der Waals surface area contributed by atoms with E-state index in [0.29, 0.717) is 36.5 Å². The first-order valence-electron chi connectivity index (χ1n) is 14.3. The molecule has 12 nitrogen and oxygen atoms in total. The van der Waals surface area contributed by atoms with Crippen molar-refractivity contribution in [2.75, 3.05) is 30.4 Å². The van der Waals surface area contributed by atoms with Gasteiger partial charge in [0.25, 0.3) is 5.91 Å². The molecule has 0 fully saturated rings. The van der Waals surface area contributed by atoms with Crippen LogP contribution in [0.3, 0.4) is 0 Å². The van der Waals surface area contributed by atoms with Crippen molar-refractivity contribution >= 4 is 41.7 Å². The number of carbonyl (C=O) groups is 4. The summed E-state index contributed by atoms with van der Waals surface area (Å²) < 4.78 is 10.7. The van der Waals surface area contributed by atoms with Gasteiger partial charge in [-0.2, -0.15) is 4.90 Å². The molecule has 2 aromatic rings. The highest BCUT2D eigenvalue weighted by atomic mass is 16.6. The number of aromatic nitrogens is 2. The lowest BCUT2D eigenvalue weighted by molar-refractivity contribution is -0.116. The maximum Gasteiger partial charge on any atom is 0.425 e. The summed E-state index contributed by atoms with van der Waals surface area (Å²) in [7, 11) is 1.58. The van der Waals surface area contributed by atoms with E-state index in [1.165, 1.54) is 18.3 Å². The number of aryl methyl sites for hydroxylation is 1. The molecule has 43 heavy (non-hydrogen) atoms. The number of nitrogens with one attached hydrogen (secondary N) is 3. The van der Waals surface area contributed by atoms with Gasteiger partial charge in [0.2, 0.25) is 5.91 Å². The van der Waals surface area contributed by atoms with Crippen LogP contribution in [0, 0.1) is 0 Å². The van der Waals surface area contributed by atoms with E-state index >= 15 is 0 Å². The van der Waals surface area contributed by atoms with Crippen molar-refractivity contribution in [1.29, 1.82) is 0 Å². The third-order valence-electron chi connectivity index (χ3n) is 5.51. The second-order valence-corrected chi connectivity index (χ2v) is 11.6. The predicted octanol–water partition coefficient (Wildman–Crippen LogP) is 5.10. The zero-order valence-electron chi connectivity index (χ0n) is 26.4. The first kappa shape index (κ1) is 34.7. The quantitative estimate of drug-likeness (QED) is 0.238. The fourth-order valence-corrected chi connectivity index (χ4v) is 3.64. The molecule has 234 valence electrons. The van der Waals surface area contributed by atoms with Gasteiger partial charge in [-0.05, 0) is 104 Å². The van der Waals surface area contributed by atoms with Gasteiger partial charge in [-0.15, -0.1) is 0 Å². The van der Waals surface area contributed by atoms with E-state index in [4.69, 9.17) is 9.47 Å². The number of nitrogens with zero attached hydrogens (tertiary/aromatic N) is 3. The third kappa shape index (κ3) is 12.1. The van der Waals surface area contributed by atoms with Gasteiger partial charge in [0.15, 0.2) is 0 Å². The Morgan fingerprint density at radius 2 is 1.58 bits per heavy atom. The highest BCUT2D eigenvalue weighted by Crippen LogP contribution is 2.21. The van der Waals surface area contributed by atoms with Crippen LogP contribution in [-0.4, -0.2) is 65.3 Å². The standard InChI is InChI=1S/C31H44N6O6/c1-9-33-26-23(27(39)32-8)16-15-22(36-26)12-10-11-19-34-25(38)18-14-21-13-17-24(35-20-21)37(28(40)42-30(2,3)4)29(41)43-31(5,6)7/h13-18,20H,9-12,19H2,1-8H3,(H,32,39)(H,33,36)(H,34,38). The number of anilines is 2. The van der Waals surface area contributed by atoms with Crippen LogP contribution in [0.1, 0.15) is 82.9 Å². The van der Waals surface area contributed by atoms with Crippen LogP contribution in [-0.2, 0) is 20.7 Å². The van der Waals surface area contributed by atoms with Crippen molar-refractivity contribution in [3.63, 3.8) is 0 Å². The summed E-state index contributed by atoms with van der Waals surface area (Å²) >= 11 is 0. The van der Waals surface area contributed by atoms with Gasteiger partial charge in [-0.3, -0.25) is 9.59 Å². The predicted molar refractivity (Wildman–Crippen MR) is 166 cm³/mol. The van der Waals surface area contributed by atoms with E-state index in [9.17, 15) is 19.2 Å². The number of pyridine rings is 2. The number of amides is 4. The van der Waals surface area contributed by atoms with Gasteiger partial charge in [0.1, 0.15) is 22.8 Å². The van der Waals surface area contributed by atoms with Crippen molar-refractivity contribution < 1.29 is 28.7 Å². The van der Waals surface area contributed by atoms with Crippen molar-refractivity contribution in [1.82, 2.24) is 20.6 Å². The molecule has 12 heteroatoms. The normalized spacial score (nSPS) is 11.5. The largest absolute Gasteiger partial charge is 0.443 e. The van der Waals surface area contributed by atoms with Crippen LogP contribution in [0.15, 0.2) is 36.5 Å². The Hall–Kier alpha value is -4.48. The lowest BCUT2D eigenvalue weighted by Gasteiger charge is -2.28. The van der Waals surface area contributed by atoms with Crippen LogP contribution < -0.4 is 20.9 Å². The maximum absolute atomic E-state index is 12.8. The van der Waals surface area contributed by atoms with Crippen LogP contribution in [0.5, 0.6) is 0 Å². The van der Waals surface area contributed by atoms with E-state index in [-0.39, 0.29) is 17.6 Å². The monoisotopic (exact) mass is 596 g/mol. The number of ether oxygens (including phenoxy) is 2. The van der Waals surface area contributed by atoms with E-state index in [1.54, 1.807) is 66.8 Å². The molecule has 0 unspecified atom stereocenters. The molecular weight excluding hydrogens is 552 g/mol. The molecule has 0 atom stereocenters. The average Bonchev–Trinajstić information content (AvgIpc) is 2.90. The second-order valence-electron chi connectivity index (χ2n) is 11.6. The fourth-order valence-electron chi connectivity index (χ4n) is 3.64. The van der Waals surface area contributed by atoms with E-state index in [2.05, 4.69) is 25.9 Å². The molecule has 0 aromatic carbocycles. The lowest BCUT2D eigenvalue weighted by atomic mass is 10.1. The summed E-state index contributed by atoms with van der Waals surface area (Å²) in [6.45, 7) is 13.2. The highest BCUT2D eigenvalue weighted by molar-refractivity contribution is 6.08. The highest BCUT2D eigenvalue weighted by Gasteiger charge is 2.33. The number of rotatable bonds is 11. The summed E-state index contributed by atoms with van der Waals surface area (Å²) in [4.78, 5) is 59.4. The summed E-state index contributed by atoms with van der Waals surface area (Å²) in [5.74, 6) is 0.125. The molecule has 4 amide bonds. The second kappa shape index (κ2) is 15.7. The Morgan fingerprint density at radius 1 is 0.930 bits per heavy atom. The molecule has 0 bridgehead atoms. The number of hydrogen-bond donors (Lipinski definition) is 3. The Labute approximate surface area is 253 Å². The van der Waals surface area contributed by atoms with Gasteiger partial charge in [0.05, 0.1) is 5.56 Å². The average molecular weight is 597 g/mol. The molecule has 2 aromatic heterocycles. The van der Waals surface area contributed by atoms with Gasteiger partial charge in [-0.25, -0.2) is 19.6 Å². The molecular formula is C31H44N6O6. The first-order valence-corrected chi connectivity index (χ1v) is 14.3. The molecule has 0 saturated heterocycles. The summed E-state index contributed by atoms with van der Waals surface area (Å²) in [6.07, 6.45) is 4.84. The Bertz CT molecular complexity index is 1270. The summed E-state index contributed by atoms with van der Waals surface area (Å²) in [5.41, 5.74) is 0.289. The van der Waals surface area contributed by atoms with Gasteiger partial charge < -0.3 is 25.4 Å². The van der Waals surface area contributed by atoms with E-state index in [0.717, 1.165) is 23.4 Å². The minimum Gasteiger partial charge on any atom is -0.443 e. The first-order chi connectivity index (χ1) is 20.1. The van der Waals surface area contributed by atoms with Gasteiger partial charge in [0, 0.05) is 38.1 Å². The topological polar surface area (TPSA) is 152 Å². The van der Waals surface area contributed by atoms with Crippen molar-refractivity contribution in [2.24, 2.45) is 0 Å². The van der Waals surface area contributed by atoms with Crippen LogP contribution >= 0.6 is 0 Å². The molecule has 0 aliphatic carbocycles. The van der Waals surface area contributed by atoms with Crippen LogP contribution in [0.25, 0.3) is 6.08 Å². The Morgan fingerprint density at radius 3 is 2.12 bits per heavy atom. The van der Waals surface area contributed by atoms with Crippen LogP contribution in [0.2, 0.25) is 0 Å². The fraction of sp³-hybridized carbons (Fsp3) is 0.484. The maximum atomic E-state index is 12.8. The number of imide groups is 1. The molecule has 2 rings (SSSR count). The Balaban J connectivity index is 1.92. The van der Waals surface area contributed by atoms with E-state index < -0.39 is 23.4 Å². The zero-order chi connectivity index (χ0) is 32.2. The summed E-state index contributed by atoms with van der Waals surface area (Å²) in [5, 5.41) is 8.58. The molecule has 0 radical (unpaired) electrons. The molecule has 0 aliphatic heterocycles. The van der Waals surface area contributed by atoms with Crippen molar-refractivity contribution in [3.05, 3.63) is 53.4 Å². The van der Waals surface area contributed by atoms with Crippen molar-refractivity contribution in [2.45, 2.75) is 78.9 Å². The molecule has 2 heterocycles. The smallest absolute Gasteiger partial charge is 0.425 e. The van der Waals surface area contributed by atoms with Gasteiger partial charge in [-0.1, -0.05) is 0 Å². The molecule has 0 spiro atoms. The third-order valence-corrected chi connectivity index (χ3v) is 5.51. The van der Waals surface area contributed by atoms with Gasteiger partial charge >= 0.3 is 12.2 Å². The minimum atomic E-state index is -0.910. The minimum absolute atomic E-state index is 0.0282. The molecule has 0 saturated carbocycles. The number of unbranched alkanes of at least 4 members (excludes halogenated alkanes) is 1. The van der Waals surface area contributed by atoms with E-state index in [1.807, 2.05) is 13.0 Å². The van der Waals surface area contributed by atoms with Crippen molar-refractivity contribution in [3.8, 4) is 0 Å². The lowest BCUT2D eigenvalue weighted by Crippen LogP contribution is -2.44. The Kier molecular flexibility index (Phi) is 12.6. The number of hydrogen-bond acceptors (Lipinski definition) is 9. The molecule has 0 aliphatic rings. The van der Waals surface area contributed by atoms with Crippen LogP contribution in [0.4, 0.5) is 21.2 Å². The zero-order valence-corrected chi connectivity index (χ0v) is 26.4. The SMILES string of the molecule is CCNc1nc(CCCCNC(=O)C=Cc2ccc(N(C(=O)OC(C)(C)C)C(=O)OC(C)(C)C)nc2)ccc1C(=O)NC.